The van der Waals surface area contributed by atoms with Gasteiger partial charge in [0.2, 0.25) is 0 Å². The van der Waals surface area contributed by atoms with E-state index < -0.39 is 0 Å². The second-order valence-corrected chi connectivity index (χ2v) is 4.79. The number of benzene rings is 1. The fourth-order valence-corrected chi connectivity index (χ4v) is 2.79. The van der Waals surface area contributed by atoms with Gasteiger partial charge in [-0.3, -0.25) is 0 Å². The van der Waals surface area contributed by atoms with E-state index in [2.05, 4.69) is 48.6 Å². The second kappa shape index (κ2) is 5.12. The highest BCUT2D eigenvalue weighted by atomic mass is 127. The quantitative estimate of drug-likeness (QED) is 0.846. The lowest BCUT2D eigenvalue weighted by atomic mass is 9.77. The molecule has 0 saturated heterocycles. The van der Waals surface area contributed by atoms with Crippen molar-refractivity contribution in [3.05, 3.63) is 33.4 Å². The normalized spacial score (nSPS) is 11.7. The second-order valence-electron chi connectivity index (χ2n) is 3.63. The summed E-state index contributed by atoms with van der Waals surface area (Å²) in [4.78, 5) is 0. The smallest absolute Gasteiger partial charge is 0.0528 e. The fourth-order valence-electron chi connectivity index (χ4n) is 1.83. The van der Waals surface area contributed by atoms with Crippen LogP contribution in [0.2, 0.25) is 0 Å². The molecule has 0 atom stereocenters. The molecule has 78 valence electrons. The van der Waals surface area contributed by atoms with E-state index in [4.69, 9.17) is 0 Å². The van der Waals surface area contributed by atoms with Gasteiger partial charge < -0.3 is 5.11 Å². The summed E-state index contributed by atoms with van der Waals surface area (Å²) in [5.41, 5.74) is 1.24. The molecule has 1 N–H and O–H groups in total. The number of rotatable bonds is 4. The summed E-state index contributed by atoms with van der Waals surface area (Å²) in [6.45, 7) is 4.52. The number of hydrogen-bond acceptors (Lipinski definition) is 1. The maximum Gasteiger partial charge on any atom is 0.0528 e. The molecule has 1 aromatic carbocycles. The zero-order valence-electron chi connectivity index (χ0n) is 8.76. The lowest BCUT2D eigenvalue weighted by Crippen LogP contribution is -2.29. The molecule has 0 aliphatic heterocycles. The number of aliphatic hydroxyl groups excluding tert-OH is 1. The minimum absolute atomic E-state index is 0.0439. The Morgan fingerprint density at radius 3 is 2.21 bits per heavy atom. The zero-order chi connectivity index (χ0) is 10.6. The molecule has 0 bridgehead atoms. The van der Waals surface area contributed by atoms with E-state index in [1.165, 1.54) is 9.13 Å². The van der Waals surface area contributed by atoms with Crippen molar-refractivity contribution < 1.29 is 5.11 Å². The van der Waals surface area contributed by atoms with Crippen LogP contribution in [0.1, 0.15) is 32.3 Å². The first-order chi connectivity index (χ1) is 6.70. The minimum Gasteiger partial charge on any atom is -0.395 e. The molecule has 0 fully saturated rings. The monoisotopic (exact) mass is 304 g/mol. The largest absolute Gasteiger partial charge is 0.395 e. The van der Waals surface area contributed by atoms with Gasteiger partial charge in [-0.2, -0.15) is 0 Å². The van der Waals surface area contributed by atoms with E-state index in [1.54, 1.807) is 0 Å². The molecule has 14 heavy (non-hydrogen) atoms. The number of halogens is 1. The van der Waals surface area contributed by atoms with E-state index in [-0.39, 0.29) is 12.0 Å². The average molecular weight is 304 g/mol. The van der Waals surface area contributed by atoms with Crippen LogP contribution < -0.4 is 0 Å². The maximum atomic E-state index is 9.55. The highest BCUT2D eigenvalue weighted by Gasteiger charge is 2.28. The predicted molar refractivity (Wildman–Crippen MR) is 68.5 cm³/mol. The molecular weight excluding hydrogens is 287 g/mol. The lowest BCUT2D eigenvalue weighted by Gasteiger charge is -2.31. The zero-order valence-corrected chi connectivity index (χ0v) is 10.9. The van der Waals surface area contributed by atoms with Gasteiger partial charge in [0.25, 0.3) is 0 Å². The molecule has 0 aromatic heterocycles. The number of hydrogen-bond donors (Lipinski definition) is 1. The molecule has 0 radical (unpaired) electrons. The Labute approximate surface area is 99.7 Å². The van der Waals surface area contributed by atoms with Crippen molar-refractivity contribution in [3.63, 3.8) is 0 Å². The van der Waals surface area contributed by atoms with Crippen LogP contribution in [0.15, 0.2) is 24.3 Å². The molecule has 0 aliphatic rings. The molecule has 1 rings (SSSR count). The van der Waals surface area contributed by atoms with Crippen LogP contribution in [0.3, 0.4) is 0 Å². The maximum absolute atomic E-state index is 9.55. The standard InChI is InChI=1S/C12H17IO/c1-3-12(4-2,9-14)10-7-5-6-8-11(10)13/h5-8,14H,3-4,9H2,1-2H3. The lowest BCUT2D eigenvalue weighted by molar-refractivity contribution is 0.182. The van der Waals surface area contributed by atoms with Crippen molar-refractivity contribution in [3.8, 4) is 0 Å². The van der Waals surface area contributed by atoms with E-state index in [0.717, 1.165) is 12.8 Å². The van der Waals surface area contributed by atoms with Gasteiger partial charge in [-0.05, 0) is 47.1 Å². The first kappa shape index (κ1) is 12.0. The van der Waals surface area contributed by atoms with Crippen molar-refractivity contribution in [1.29, 1.82) is 0 Å². The predicted octanol–water partition coefficient (Wildman–Crippen LogP) is 3.34. The molecule has 0 spiro atoms. The molecule has 0 aliphatic carbocycles. The Morgan fingerprint density at radius 2 is 1.79 bits per heavy atom. The Balaban J connectivity index is 3.17. The Morgan fingerprint density at radius 1 is 1.21 bits per heavy atom. The van der Waals surface area contributed by atoms with Gasteiger partial charge in [-0.15, -0.1) is 0 Å². The summed E-state index contributed by atoms with van der Waals surface area (Å²) in [6, 6.07) is 8.32. The first-order valence-electron chi connectivity index (χ1n) is 5.06. The Kier molecular flexibility index (Phi) is 4.38. The molecule has 2 heteroatoms. The summed E-state index contributed by atoms with van der Waals surface area (Å²) in [6.07, 6.45) is 1.97. The van der Waals surface area contributed by atoms with Crippen LogP contribution in [0, 0.1) is 3.57 Å². The summed E-state index contributed by atoms with van der Waals surface area (Å²) in [5.74, 6) is 0. The third-order valence-electron chi connectivity index (χ3n) is 3.10. The molecule has 1 aromatic rings. The van der Waals surface area contributed by atoms with Gasteiger partial charge in [-0.1, -0.05) is 32.0 Å². The van der Waals surface area contributed by atoms with Crippen molar-refractivity contribution in [2.75, 3.05) is 6.61 Å². The van der Waals surface area contributed by atoms with Crippen molar-refractivity contribution in [1.82, 2.24) is 0 Å². The highest BCUT2D eigenvalue weighted by molar-refractivity contribution is 14.1. The summed E-state index contributed by atoms with van der Waals surface area (Å²) in [5, 5.41) is 9.55. The molecule has 1 nitrogen and oxygen atoms in total. The fraction of sp³-hybridized carbons (Fsp3) is 0.500. The van der Waals surface area contributed by atoms with Crippen molar-refractivity contribution in [2.45, 2.75) is 32.1 Å². The Hall–Kier alpha value is -0.0900. The van der Waals surface area contributed by atoms with Gasteiger partial charge in [-0.25, -0.2) is 0 Å². The minimum atomic E-state index is -0.0439. The summed E-state index contributed by atoms with van der Waals surface area (Å²) in [7, 11) is 0. The molecular formula is C12H17IO. The van der Waals surface area contributed by atoms with Gasteiger partial charge in [0.05, 0.1) is 6.61 Å². The van der Waals surface area contributed by atoms with Crippen molar-refractivity contribution >= 4 is 22.6 Å². The molecule has 0 unspecified atom stereocenters. The molecule has 0 saturated carbocycles. The SMILES string of the molecule is CCC(CC)(CO)c1ccccc1I. The summed E-state index contributed by atoms with van der Waals surface area (Å²) < 4.78 is 1.25. The van der Waals surface area contributed by atoms with Gasteiger partial charge in [0.1, 0.15) is 0 Å². The highest BCUT2D eigenvalue weighted by Crippen LogP contribution is 2.33. The summed E-state index contributed by atoms with van der Waals surface area (Å²) >= 11 is 2.34. The van der Waals surface area contributed by atoms with Crippen LogP contribution in [0.5, 0.6) is 0 Å². The molecule has 0 amide bonds. The van der Waals surface area contributed by atoms with Gasteiger partial charge >= 0.3 is 0 Å². The van der Waals surface area contributed by atoms with Gasteiger partial charge in [0, 0.05) is 8.99 Å². The van der Waals surface area contributed by atoms with Crippen LogP contribution in [0.25, 0.3) is 0 Å². The number of aliphatic hydroxyl groups is 1. The van der Waals surface area contributed by atoms with Crippen molar-refractivity contribution in [2.24, 2.45) is 0 Å². The van der Waals surface area contributed by atoms with Crippen LogP contribution in [-0.2, 0) is 5.41 Å². The average Bonchev–Trinajstić information content (AvgIpc) is 2.24. The molecule has 0 heterocycles. The van der Waals surface area contributed by atoms with E-state index in [1.807, 2.05) is 12.1 Å². The van der Waals surface area contributed by atoms with Gasteiger partial charge in [0.15, 0.2) is 0 Å². The van der Waals surface area contributed by atoms with E-state index >= 15 is 0 Å². The van der Waals surface area contributed by atoms with Crippen LogP contribution in [-0.4, -0.2) is 11.7 Å². The third-order valence-corrected chi connectivity index (χ3v) is 4.04. The Bertz CT molecular complexity index is 284. The van der Waals surface area contributed by atoms with E-state index in [0.29, 0.717) is 0 Å². The van der Waals surface area contributed by atoms with Crippen LogP contribution >= 0.6 is 22.6 Å². The topological polar surface area (TPSA) is 20.2 Å². The third kappa shape index (κ3) is 2.11. The van der Waals surface area contributed by atoms with E-state index in [9.17, 15) is 5.11 Å². The first-order valence-corrected chi connectivity index (χ1v) is 6.14. The van der Waals surface area contributed by atoms with Crippen LogP contribution in [0.4, 0.5) is 0 Å².